The predicted octanol–water partition coefficient (Wildman–Crippen LogP) is 2.07. The molecule has 0 aliphatic carbocycles. The molecule has 0 atom stereocenters. The summed E-state index contributed by atoms with van der Waals surface area (Å²) >= 11 is 0. The van der Waals surface area contributed by atoms with E-state index in [9.17, 15) is 4.79 Å². The van der Waals surface area contributed by atoms with Crippen LogP contribution in [0.4, 0.5) is 0 Å². The van der Waals surface area contributed by atoms with Gasteiger partial charge in [0.25, 0.3) is 0 Å². The maximum Gasteiger partial charge on any atom is 0.0516 e. The van der Waals surface area contributed by atoms with Crippen molar-refractivity contribution in [2.75, 3.05) is 32.9 Å². The third-order valence-electron chi connectivity index (χ3n) is 1.74. The summed E-state index contributed by atoms with van der Waals surface area (Å²) < 4.78 is 9.66. The van der Waals surface area contributed by atoms with Crippen molar-refractivity contribution in [3.05, 3.63) is 26.0 Å². The van der Waals surface area contributed by atoms with Crippen molar-refractivity contribution in [2.24, 2.45) is 0 Å². The number of ether oxygens (including phenoxy) is 2. The molecule has 0 amide bonds. The quantitative estimate of drug-likeness (QED) is 0.304. The van der Waals surface area contributed by atoms with Crippen LogP contribution in [-0.4, -0.2) is 39.4 Å². The van der Waals surface area contributed by atoms with Gasteiger partial charge in [0.05, 0.1) is 13.2 Å². The maximum atomic E-state index is 9.62. The minimum Gasteiger partial charge on any atom is -0.652 e. The molecule has 0 heterocycles. The molecule has 0 aliphatic rings. The average Bonchev–Trinajstić information content (AvgIpc) is 2.39. The van der Waals surface area contributed by atoms with E-state index >= 15 is 0 Å². The van der Waals surface area contributed by atoms with Crippen molar-refractivity contribution >= 4 is 6.47 Å². The smallest absolute Gasteiger partial charge is 0.0516 e. The molecule has 0 aromatic rings. The molecule has 0 radical (unpaired) electrons. The van der Waals surface area contributed by atoms with E-state index in [0.29, 0.717) is 6.61 Å². The Morgan fingerprint density at radius 2 is 1.68 bits per heavy atom. The monoisotopic (exact) mass is 440 g/mol. The number of rotatable bonds is 11. The normalized spacial score (nSPS) is 9.42. The molecule has 4 nitrogen and oxygen atoms in total. The van der Waals surface area contributed by atoms with Crippen LogP contribution in [0.2, 0.25) is 0 Å². The molecular weight excluding hydrogens is 414 g/mol. The molecule has 19 heavy (non-hydrogen) atoms. The fourth-order valence-electron chi connectivity index (χ4n) is 0.927. The van der Waals surface area contributed by atoms with Crippen molar-refractivity contribution in [3.63, 3.8) is 0 Å². The molecular formula is C14H26NO3W-3. The number of hydrogen-bond donors (Lipinski definition) is 1. The summed E-state index contributed by atoms with van der Waals surface area (Å²) in [6.07, 6.45) is 6.75. The number of hydrogen-bond acceptors (Lipinski definition) is 4. The van der Waals surface area contributed by atoms with Gasteiger partial charge >= 0.3 is 0 Å². The molecule has 1 N–H and O–H groups in total. The second-order valence-corrected chi connectivity index (χ2v) is 3.34. The first kappa shape index (κ1) is 23.9. The van der Waals surface area contributed by atoms with Crippen molar-refractivity contribution in [2.45, 2.75) is 26.2 Å². The second-order valence-electron chi connectivity index (χ2n) is 3.34. The van der Waals surface area contributed by atoms with Gasteiger partial charge in [-0.2, -0.15) is 0 Å². The minimum atomic E-state index is 0. The first-order valence-corrected chi connectivity index (χ1v) is 6.34. The third kappa shape index (κ3) is 31.9. The van der Waals surface area contributed by atoms with Crippen LogP contribution in [0.15, 0.2) is 12.2 Å². The van der Waals surface area contributed by atoms with E-state index in [1.54, 1.807) is 0 Å². The topological polar surface area (TPSA) is 47.6 Å². The zero-order chi connectivity index (χ0) is 13.9. The Labute approximate surface area is 132 Å². The Morgan fingerprint density at radius 3 is 2.11 bits per heavy atom. The van der Waals surface area contributed by atoms with Crippen LogP contribution in [0, 0.1) is 13.8 Å². The fraction of sp³-hybridized carbons (Fsp3) is 0.643. The first-order valence-electron chi connectivity index (χ1n) is 6.34. The molecule has 0 bridgehead atoms. The molecule has 0 unspecified atom stereocenters. The third-order valence-corrected chi connectivity index (χ3v) is 1.74. The molecule has 0 saturated carbocycles. The summed E-state index contributed by atoms with van der Waals surface area (Å²) in [5.41, 5.74) is 0. The van der Waals surface area contributed by atoms with Crippen molar-refractivity contribution in [1.29, 1.82) is 0 Å². The number of carbonyl (C=O) groups excluding carboxylic acids is 1. The molecule has 0 spiro atoms. The van der Waals surface area contributed by atoms with Gasteiger partial charge in [0.15, 0.2) is 0 Å². The van der Waals surface area contributed by atoms with E-state index in [4.69, 9.17) is 4.74 Å². The van der Waals surface area contributed by atoms with E-state index in [0.717, 1.165) is 45.6 Å². The molecule has 0 fully saturated rings. The second kappa shape index (κ2) is 26.4. The molecule has 0 aliphatic heterocycles. The van der Waals surface area contributed by atoms with Crippen LogP contribution < -0.4 is 5.32 Å². The SMILES string of the molecule is CCCOCC/C=C\CCO[C-]=O.[CH2-]CNC[CH2-].[W]. The van der Waals surface area contributed by atoms with Gasteiger partial charge < -0.3 is 33.4 Å². The van der Waals surface area contributed by atoms with E-state index in [2.05, 4.69) is 30.8 Å². The van der Waals surface area contributed by atoms with Crippen molar-refractivity contribution in [1.82, 2.24) is 5.32 Å². The maximum absolute atomic E-state index is 9.62. The summed E-state index contributed by atoms with van der Waals surface area (Å²) in [6.45, 7) is 14.1. The fourth-order valence-corrected chi connectivity index (χ4v) is 0.927. The molecule has 0 aromatic carbocycles. The Morgan fingerprint density at radius 1 is 1.11 bits per heavy atom. The Balaban J connectivity index is -0.000000366. The van der Waals surface area contributed by atoms with Gasteiger partial charge in [0.1, 0.15) is 0 Å². The van der Waals surface area contributed by atoms with Gasteiger partial charge in [-0.15, -0.1) is 13.1 Å². The Kier molecular flexibility index (Phi) is 33.2. The summed E-state index contributed by atoms with van der Waals surface area (Å²) in [4.78, 5) is 9.62. The first-order chi connectivity index (χ1) is 8.83. The number of nitrogens with one attached hydrogen (secondary N) is 1. The summed E-state index contributed by atoms with van der Waals surface area (Å²) in [5, 5.41) is 2.89. The molecule has 5 heteroatoms. The standard InChI is InChI=1S/C10H17O3.C4H9N.W/c1-2-7-12-8-5-3-4-6-9-13-10-11;1-3-5-4-2;/h3-4H,2,5-9H2,1H3;5H,1-4H2;/q-1;-2;/b4-3-;;. The van der Waals surface area contributed by atoms with Crippen LogP contribution in [0.3, 0.4) is 0 Å². The van der Waals surface area contributed by atoms with Gasteiger partial charge in [-0.05, 0) is 19.3 Å². The van der Waals surface area contributed by atoms with E-state index in [-0.39, 0.29) is 21.1 Å². The van der Waals surface area contributed by atoms with Gasteiger partial charge in [0, 0.05) is 27.7 Å². The van der Waals surface area contributed by atoms with Gasteiger partial charge in [-0.3, -0.25) is 0 Å². The zero-order valence-corrected chi connectivity index (χ0v) is 14.8. The summed E-state index contributed by atoms with van der Waals surface area (Å²) in [5.74, 6) is 0. The zero-order valence-electron chi connectivity index (χ0n) is 11.9. The van der Waals surface area contributed by atoms with E-state index in [1.807, 2.05) is 12.2 Å². The van der Waals surface area contributed by atoms with Crippen LogP contribution in [0.5, 0.6) is 0 Å². The van der Waals surface area contributed by atoms with E-state index < -0.39 is 0 Å². The molecule has 0 aromatic heterocycles. The largest absolute Gasteiger partial charge is 0.652 e. The van der Waals surface area contributed by atoms with Gasteiger partial charge in [0.2, 0.25) is 0 Å². The van der Waals surface area contributed by atoms with Gasteiger partial charge in [-0.1, -0.05) is 25.5 Å². The molecule has 114 valence electrons. The van der Waals surface area contributed by atoms with Crippen LogP contribution >= 0.6 is 0 Å². The Bertz CT molecular complexity index is 176. The molecule has 0 rings (SSSR count). The predicted molar refractivity (Wildman–Crippen MR) is 74.7 cm³/mol. The van der Waals surface area contributed by atoms with E-state index in [1.165, 1.54) is 6.47 Å². The van der Waals surface area contributed by atoms with Crippen LogP contribution in [-0.2, 0) is 35.3 Å². The van der Waals surface area contributed by atoms with Gasteiger partial charge in [-0.25, -0.2) is 0 Å². The summed E-state index contributed by atoms with van der Waals surface area (Å²) in [7, 11) is 0. The van der Waals surface area contributed by atoms with Crippen molar-refractivity contribution in [3.8, 4) is 0 Å². The minimum absolute atomic E-state index is 0. The summed E-state index contributed by atoms with van der Waals surface area (Å²) in [6, 6.07) is 0. The Hall–Kier alpha value is -0.182. The van der Waals surface area contributed by atoms with Crippen LogP contribution in [0.25, 0.3) is 0 Å². The van der Waals surface area contributed by atoms with Crippen molar-refractivity contribution < 1.29 is 35.3 Å². The van der Waals surface area contributed by atoms with Crippen LogP contribution in [0.1, 0.15) is 26.2 Å². The molecule has 0 saturated heterocycles. The average molecular weight is 440 g/mol.